The summed E-state index contributed by atoms with van der Waals surface area (Å²) in [5, 5.41) is 25.1. The molecule has 3 aromatic rings. The van der Waals surface area contributed by atoms with Crippen LogP contribution in [0.5, 0.6) is 0 Å². The first-order valence-electron chi connectivity index (χ1n) is 14.9. The molecule has 0 radical (unpaired) electrons. The zero-order valence-corrected chi connectivity index (χ0v) is 27.6. The lowest BCUT2D eigenvalue weighted by atomic mass is 9.85. The average Bonchev–Trinajstić information content (AvgIpc) is 3.57. The van der Waals surface area contributed by atoms with E-state index in [2.05, 4.69) is 26.3 Å². The number of aromatic nitrogens is 1. The van der Waals surface area contributed by atoms with E-state index in [0.717, 1.165) is 21.7 Å². The van der Waals surface area contributed by atoms with Crippen molar-refractivity contribution in [2.75, 3.05) is 20.8 Å². The molecule has 0 fully saturated rings. The smallest absolute Gasteiger partial charge is 0.407 e. The van der Waals surface area contributed by atoms with Crippen LogP contribution < -0.4 is 21.3 Å². The molecule has 0 aliphatic rings. The van der Waals surface area contributed by atoms with Crippen molar-refractivity contribution in [3.8, 4) is 10.6 Å². The molecule has 3 rings (SSSR count). The van der Waals surface area contributed by atoms with E-state index in [4.69, 9.17) is 9.47 Å². The van der Waals surface area contributed by atoms with Gasteiger partial charge in [-0.15, -0.1) is 11.3 Å². The van der Waals surface area contributed by atoms with E-state index in [9.17, 15) is 24.3 Å². The second-order valence-corrected chi connectivity index (χ2v) is 12.8. The number of alkyl carbamates (subject to hydrolysis) is 2. The Labute approximate surface area is 273 Å². The Bertz CT molecular complexity index is 1410. The number of thiazole rings is 1. The maximum Gasteiger partial charge on any atom is 0.407 e. The largest absolute Gasteiger partial charge is 0.453 e. The van der Waals surface area contributed by atoms with Crippen LogP contribution in [0.2, 0.25) is 0 Å². The van der Waals surface area contributed by atoms with Gasteiger partial charge in [0.05, 0.1) is 19.3 Å². The monoisotopic (exact) mass is 653 g/mol. The number of ether oxygens (including phenoxy) is 2. The van der Waals surface area contributed by atoms with Crippen LogP contribution in [0.4, 0.5) is 9.59 Å². The minimum absolute atomic E-state index is 0.0587. The maximum absolute atomic E-state index is 13.7. The molecule has 0 bridgehead atoms. The topological polar surface area (TPSA) is 168 Å². The van der Waals surface area contributed by atoms with Gasteiger partial charge in [0.1, 0.15) is 11.0 Å². The van der Waals surface area contributed by atoms with Gasteiger partial charge in [0.25, 0.3) is 5.91 Å². The van der Waals surface area contributed by atoms with Crippen LogP contribution in [0.15, 0.2) is 66.2 Å². The summed E-state index contributed by atoms with van der Waals surface area (Å²) in [5.41, 5.74) is 2.06. The van der Waals surface area contributed by atoms with Gasteiger partial charge in [-0.2, -0.15) is 0 Å². The molecular formula is C33H43N5O7S. The van der Waals surface area contributed by atoms with Crippen molar-refractivity contribution in [1.82, 2.24) is 26.3 Å². The Morgan fingerprint density at radius 3 is 2.17 bits per heavy atom. The fourth-order valence-electron chi connectivity index (χ4n) is 4.82. The van der Waals surface area contributed by atoms with Crippen LogP contribution in [-0.4, -0.2) is 79.1 Å². The van der Waals surface area contributed by atoms with Crippen LogP contribution in [0.3, 0.4) is 0 Å². The number of aliphatic hydroxyl groups is 1. The molecule has 46 heavy (non-hydrogen) atoms. The van der Waals surface area contributed by atoms with Gasteiger partial charge in [-0.3, -0.25) is 9.59 Å². The molecule has 2 aromatic carbocycles. The number of amides is 4. The summed E-state index contributed by atoms with van der Waals surface area (Å²) in [6.45, 7) is 4.93. The molecule has 0 saturated carbocycles. The van der Waals surface area contributed by atoms with Gasteiger partial charge in [-0.05, 0) is 35.8 Å². The number of benzene rings is 2. The van der Waals surface area contributed by atoms with Crippen LogP contribution in [0, 0.1) is 5.41 Å². The molecular weight excluding hydrogens is 610 g/mol. The highest BCUT2D eigenvalue weighted by Crippen LogP contribution is 2.24. The van der Waals surface area contributed by atoms with Crippen LogP contribution in [0.1, 0.15) is 38.3 Å². The van der Waals surface area contributed by atoms with Gasteiger partial charge < -0.3 is 35.8 Å². The van der Waals surface area contributed by atoms with E-state index in [1.165, 1.54) is 25.5 Å². The van der Waals surface area contributed by atoms with Crippen molar-refractivity contribution in [3.05, 3.63) is 77.3 Å². The van der Waals surface area contributed by atoms with Crippen molar-refractivity contribution < 1.29 is 33.8 Å². The lowest BCUT2D eigenvalue weighted by Gasteiger charge is -2.33. The van der Waals surface area contributed by atoms with Crippen molar-refractivity contribution in [1.29, 1.82) is 0 Å². The number of nitrogens with zero attached hydrogens (tertiary/aromatic N) is 1. The molecule has 4 atom stereocenters. The minimum Gasteiger partial charge on any atom is -0.453 e. The average molecular weight is 654 g/mol. The molecule has 0 saturated heterocycles. The highest BCUT2D eigenvalue weighted by Gasteiger charge is 2.35. The van der Waals surface area contributed by atoms with Gasteiger partial charge in [-0.1, -0.05) is 75.4 Å². The molecule has 1 heterocycles. The Morgan fingerprint density at radius 1 is 0.913 bits per heavy atom. The van der Waals surface area contributed by atoms with Gasteiger partial charge in [0.15, 0.2) is 6.61 Å². The molecule has 4 unspecified atom stereocenters. The number of carbonyl (C=O) groups is 4. The van der Waals surface area contributed by atoms with Crippen LogP contribution >= 0.6 is 11.3 Å². The SMILES string of the molecule is CNC(=O)OCC(=O)NC(Cc1ccccc1)C(O)CC(Cc1ccc(-c2nccs2)cc1)NC(=O)C(NC(=O)OC)C(C)(C)C. The summed E-state index contributed by atoms with van der Waals surface area (Å²) in [6.07, 6.45) is -0.187. The molecule has 0 spiro atoms. The summed E-state index contributed by atoms with van der Waals surface area (Å²) < 4.78 is 9.63. The predicted octanol–water partition coefficient (Wildman–Crippen LogP) is 3.44. The Morgan fingerprint density at radius 2 is 1.59 bits per heavy atom. The number of methoxy groups -OCH3 is 1. The molecule has 0 aliphatic carbocycles. The highest BCUT2D eigenvalue weighted by atomic mass is 32.1. The molecule has 5 N–H and O–H groups in total. The normalized spacial score (nSPS) is 13.8. The van der Waals surface area contributed by atoms with E-state index in [1.807, 2.05) is 80.7 Å². The van der Waals surface area contributed by atoms with Gasteiger partial charge in [-0.25, -0.2) is 14.6 Å². The summed E-state index contributed by atoms with van der Waals surface area (Å²) in [4.78, 5) is 54.3. The highest BCUT2D eigenvalue weighted by molar-refractivity contribution is 7.13. The molecule has 12 nitrogen and oxygen atoms in total. The lowest BCUT2D eigenvalue weighted by Crippen LogP contribution is -2.56. The number of rotatable bonds is 14. The second kappa shape index (κ2) is 17.3. The number of carbonyl (C=O) groups excluding carboxylic acids is 4. The third-order valence-corrected chi connectivity index (χ3v) is 8.03. The summed E-state index contributed by atoms with van der Waals surface area (Å²) in [5.74, 6) is -1.03. The Balaban J connectivity index is 1.86. The number of nitrogens with one attached hydrogen (secondary N) is 4. The van der Waals surface area contributed by atoms with Gasteiger partial charge in [0, 0.05) is 30.2 Å². The Kier molecular flexibility index (Phi) is 13.5. The molecule has 1 aromatic heterocycles. The fourth-order valence-corrected chi connectivity index (χ4v) is 5.47. The predicted molar refractivity (Wildman–Crippen MR) is 175 cm³/mol. The molecule has 0 aliphatic heterocycles. The zero-order chi connectivity index (χ0) is 33.7. The Hall–Kier alpha value is -4.49. The van der Waals surface area contributed by atoms with E-state index in [-0.39, 0.29) is 12.8 Å². The van der Waals surface area contributed by atoms with Crippen molar-refractivity contribution in [2.24, 2.45) is 5.41 Å². The van der Waals surface area contributed by atoms with E-state index < -0.39 is 60.3 Å². The minimum atomic E-state index is -1.12. The van der Waals surface area contributed by atoms with E-state index >= 15 is 0 Å². The lowest BCUT2D eigenvalue weighted by molar-refractivity contribution is -0.127. The third-order valence-electron chi connectivity index (χ3n) is 7.21. The first-order chi connectivity index (χ1) is 21.9. The van der Waals surface area contributed by atoms with E-state index in [0.29, 0.717) is 6.42 Å². The number of aliphatic hydroxyl groups excluding tert-OH is 1. The zero-order valence-electron chi connectivity index (χ0n) is 26.7. The van der Waals surface area contributed by atoms with Crippen molar-refractivity contribution >= 4 is 35.3 Å². The quantitative estimate of drug-likeness (QED) is 0.176. The number of hydrogen-bond acceptors (Lipinski definition) is 9. The first-order valence-corrected chi connectivity index (χ1v) is 15.8. The van der Waals surface area contributed by atoms with Crippen LogP contribution in [-0.2, 0) is 31.9 Å². The molecule has 4 amide bonds. The fraction of sp³-hybridized carbons (Fsp3) is 0.424. The summed E-state index contributed by atoms with van der Waals surface area (Å²) >= 11 is 1.53. The third kappa shape index (κ3) is 11.5. The molecule has 248 valence electrons. The number of hydrogen-bond donors (Lipinski definition) is 5. The van der Waals surface area contributed by atoms with E-state index in [1.54, 1.807) is 6.20 Å². The maximum atomic E-state index is 13.7. The first kappa shape index (κ1) is 36.0. The van der Waals surface area contributed by atoms with Crippen LogP contribution in [0.25, 0.3) is 10.6 Å². The van der Waals surface area contributed by atoms with Gasteiger partial charge >= 0.3 is 12.2 Å². The van der Waals surface area contributed by atoms with Gasteiger partial charge in [0.2, 0.25) is 5.91 Å². The summed E-state index contributed by atoms with van der Waals surface area (Å²) in [6, 6.07) is 14.8. The summed E-state index contributed by atoms with van der Waals surface area (Å²) in [7, 11) is 2.61. The van der Waals surface area contributed by atoms with Crippen molar-refractivity contribution in [3.63, 3.8) is 0 Å². The standard InChI is InChI=1S/C33H43N5O7S/c1-33(2,3)28(38-32(43)44-5)29(41)36-24(17-22-11-13-23(14-12-22)30-35-15-16-46-30)19-26(39)25(18-21-9-7-6-8-10-21)37-27(40)20-45-31(42)34-4/h6-16,24-26,28,39H,17-20H2,1-5H3,(H,34,42)(H,36,41)(H,37,40)(H,38,43). The molecule has 13 heteroatoms. The van der Waals surface area contributed by atoms with Crippen molar-refractivity contribution in [2.45, 2.75) is 64.3 Å². The second-order valence-electron chi connectivity index (χ2n) is 11.9.